The largest absolute Gasteiger partial charge is 0.497 e. The molecule has 0 atom stereocenters. The van der Waals surface area contributed by atoms with Gasteiger partial charge in [-0.2, -0.15) is 0 Å². The summed E-state index contributed by atoms with van der Waals surface area (Å²) in [6.07, 6.45) is 3.43. The van der Waals surface area contributed by atoms with Crippen LogP contribution >= 0.6 is 27.7 Å². The number of hydrogen-bond acceptors (Lipinski definition) is 6. The van der Waals surface area contributed by atoms with Crippen molar-refractivity contribution in [3.63, 3.8) is 0 Å². The highest BCUT2D eigenvalue weighted by atomic mass is 79.9. The number of hydrogen-bond donors (Lipinski definition) is 0. The Morgan fingerprint density at radius 2 is 1.70 bits per heavy atom. The minimum absolute atomic E-state index is 0.0299. The number of nitrogens with zero attached hydrogens (tertiary/aromatic N) is 4. The number of carbonyl (C=O) groups excluding carboxylic acids is 1. The van der Waals surface area contributed by atoms with Gasteiger partial charge in [0.25, 0.3) is 0 Å². The fraction of sp³-hybridized carbons (Fsp3) is 0.0909. The SMILES string of the molecule is COc1ccc(-n2c(SCC(=O)c3ccc(Br)cc3)nnc2-c2ccncc2)cc1. The van der Waals surface area contributed by atoms with Crippen molar-refractivity contribution in [2.24, 2.45) is 0 Å². The lowest BCUT2D eigenvalue weighted by molar-refractivity contribution is 0.102. The second-order valence-electron chi connectivity index (χ2n) is 6.29. The Morgan fingerprint density at radius 3 is 2.37 bits per heavy atom. The predicted octanol–water partition coefficient (Wildman–Crippen LogP) is 5.08. The molecule has 2 aromatic heterocycles. The van der Waals surface area contributed by atoms with E-state index in [1.807, 2.05) is 65.2 Å². The first-order chi connectivity index (χ1) is 14.7. The van der Waals surface area contributed by atoms with Gasteiger partial charge in [0.2, 0.25) is 0 Å². The molecular formula is C22H17BrN4O2S. The van der Waals surface area contributed by atoms with Crippen LogP contribution in [0.25, 0.3) is 17.1 Å². The zero-order valence-electron chi connectivity index (χ0n) is 16.0. The Labute approximate surface area is 186 Å². The molecule has 0 unspecified atom stereocenters. The van der Waals surface area contributed by atoms with Crippen LogP contribution in [0.15, 0.2) is 82.7 Å². The zero-order chi connectivity index (χ0) is 20.9. The Morgan fingerprint density at radius 1 is 1.00 bits per heavy atom. The molecular weight excluding hydrogens is 464 g/mol. The highest BCUT2D eigenvalue weighted by Gasteiger charge is 2.18. The standard InChI is InChI=1S/C22H17BrN4O2S/c1-29-19-8-6-18(7-9-19)27-21(16-10-12-24-13-11-16)25-26-22(27)30-14-20(28)15-2-4-17(23)5-3-15/h2-13H,14H2,1H3. The molecule has 0 saturated heterocycles. The third kappa shape index (κ3) is 4.44. The topological polar surface area (TPSA) is 69.9 Å². The lowest BCUT2D eigenvalue weighted by Gasteiger charge is -2.11. The molecule has 0 amide bonds. The van der Waals surface area contributed by atoms with Gasteiger partial charge in [0.05, 0.1) is 12.9 Å². The molecule has 6 nitrogen and oxygen atoms in total. The Hall–Kier alpha value is -2.97. The highest BCUT2D eigenvalue weighted by molar-refractivity contribution is 9.10. The molecule has 150 valence electrons. The molecule has 0 spiro atoms. The molecule has 0 N–H and O–H groups in total. The molecule has 0 saturated carbocycles. The second-order valence-corrected chi connectivity index (χ2v) is 8.15. The summed E-state index contributed by atoms with van der Waals surface area (Å²) in [4.78, 5) is 16.7. The van der Waals surface area contributed by atoms with Gasteiger partial charge in [0, 0.05) is 33.7 Å². The summed E-state index contributed by atoms with van der Waals surface area (Å²) in [5.41, 5.74) is 2.43. The van der Waals surface area contributed by atoms with E-state index >= 15 is 0 Å². The molecule has 2 heterocycles. The second kappa shape index (κ2) is 9.23. The maximum absolute atomic E-state index is 12.6. The van der Waals surface area contributed by atoms with Gasteiger partial charge >= 0.3 is 0 Å². The van der Waals surface area contributed by atoms with Crippen LogP contribution in [0.4, 0.5) is 0 Å². The van der Waals surface area contributed by atoms with Crippen molar-refractivity contribution < 1.29 is 9.53 Å². The number of pyridine rings is 1. The van der Waals surface area contributed by atoms with Crippen molar-refractivity contribution in [1.82, 2.24) is 19.7 Å². The van der Waals surface area contributed by atoms with Crippen LogP contribution < -0.4 is 4.74 Å². The van der Waals surface area contributed by atoms with Crippen LogP contribution in [-0.4, -0.2) is 38.4 Å². The number of Topliss-reactive ketones (excluding diaryl/α,β-unsaturated/α-hetero) is 1. The van der Waals surface area contributed by atoms with Gasteiger partial charge in [-0.25, -0.2) is 0 Å². The molecule has 0 bridgehead atoms. The lowest BCUT2D eigenvalue weighted by Crippen LogP contribution is -2.05. The maximum Gasteiger partial charge on any atom is 0.196 e. The first kappa shape index (κ1) is 20.3. The molecule has 0 aliphatic rings. The number of rotatable bonds is 7. The lowest BCUT2D eigenvalue weighted by atomic mass is 10.2. The van der Waals surface area contributed by atoms with E-state index in [4.69, 9.17) is 4.74 Å². The summed E-state index contributed by atoms with van der Waals surface area (Å²) in [6, 6.07) is 18.7. The van der Waals surface area contributed by atoms with Crippen LogP contribution in [0.3, 0.4) is 0 Å². The number of benzene rings is 2. The summed E-state index contributed by atoms with van der Waals surface area (Å²) in [6.45, 7) is 0. The van der Waals surface area contributed by atoms with E-state index in [-0.39, 0.29) is 11.5 Å². The molecule has 4 rings (SSSR count). The fourth-order valence-electron chi connectivity index (χ4n) is 2.86. The highest BCUT2D eigenvalue weighted by Crippen LogP contribution is 2.29. The normalized spacial score (nSPS) is 10.7. The Bertz CT molecular complexity index is 1150. The zero-order valence-corrected chi connectivity index (χ0v) is 18.4. The molecule has 30 heavy (non-hydrogen) atoms. The number of aromatic nitrogens is 4. The number of thioether (sulfide) groups is 1. The van der Waals surface area contributed by atoms with E-state index in [1.165, 1.54) is 11.8 Å². The fourth-order valence-corrected chi connectivity index (χ4v) is 3.98. The Balaban J connectivity index is 1.66. The number of ketones is 1. The summed E-state index contributed by atoms with van der Waals surface area (Å²) in [5.74, 6) is 1.73. The van der Waals surface area contributed by atoms with Crippen LogP contribution in [0, 0.1) is 0 Å². The molecule has 8 heteroatoms. The monoisotopic (exact) mass is 480 g/mol. The first-order valence-electron chi connectivity index (χ1n) is 9.07. The average molecular weight is 481 g/mol. The molecule has 0 aliphatic heterocycles. The van der Waals surface area contributed by atoms with Crippen LogP contribution in [0.2, 0.25) is 0 Å². The summed E-state index contributed by atoms with van der Waals surface area (Å²) >= 11 is 4.75. The van der Waals surface area contributed by atoms with Gasteiger partial charge in [0.1, 0.15) is 5.75 Å². The van der Waals surface area contributed by atoms with Gasteiger partial charge in [-0.1, -0.05) is 39.8 Å². The van der Waals surface area contributed by atoms with Crippen LogP contribution in [0.1, 0.15) is 10.4 Å². The average Bonchev–Trinajstić information content (AvgIpc) is 3.22. The Kier molecular flexibility index (Phi) is 6.25. The third-order valence-electron chi connectivity index (χ3n) is 4.40. The van der Waals surface area contributed by atoms with Crippen LogP contribution in [0.5, 0.6) is 5.75 Å². The first-order valence-corrected chi connectivity index (χ1v) is 10.9. The van der Waals surface area contributed by atoms with Crippen molar-refractivity contribution in [3.8, 4) is 22.8 Å². The van der Waals surface area contributed by atoms with E-state index in [9.17, 15) is 4.79 Å². The van der Waals surface area contributed by atoms with Gasteiger partial charge in [0.15, 0.2) is 16.8 Å². The van der Waals surface area contributed by atoms with E-state index < -0.39 is 0 Å². The molecule has 4 aromatic rings. The van der Waals surface area contributed by atoms with Gasteiger partial charge in [-0.05, 0) is 48.5 Å². The quantitative estimate of drug-likeness (QED) is 0.271. The third-order valence-corrected chi connectivity index (χ3v) is 5.86. The van der Waals surface area contributed by atoms with Crippen molar-refractivity contribution in [2.75, 3.05) is 12.9 Å². The number of halogens is 1. The van der Waals surface area contributed by atoms with E-state index in [0.29, 0.717) is 16.5 Å². The van der Waals surface area contributed by atoms with E-state index in [1.54, 1.807) is 19.5 Å². The summed E-state index contributed by atoms with van der Waals surface area (Å²) in [7, 11) is 1.63. The van der Waals surface area contributed by atoms with Crippen molar-refractivity contribution >= 4 is 33.5 Å². The smallest absolute Gasteiger partial charge is 0.196 e. The van der Waals surface area contributed by atoms with Gasteiger partial charge < -0.3 is 4.74 Å². The van der Waals surface area contributed by atoms with E-state index in [2.05, 4.69) is 31.1 Å². The van der Waals surface area contributed by atoms with Crippen molar-refractivity contribution in [2.45, 2.75) is 5.16 Å². The maximum atomic E-state index is 12.6. The molecule has 0 fully saturated rings. The summed E-state index contributed by atoms with van der Waals surface area (Å²) < 4.78 is 8.14. The molecule has 0 radical (unpaired) electrons. The molecule has 2 aromatic carbocycles. The minimum atomic E-state index is 0.0299. The van der Waals surface area contributed by atoms with Crippen molar-refractivity contribution in [3.05, 3.63) is 83.1 Å². The minimum Gasteiger partial charge on any atom is -0.497 e. The van der Waals surface area contributed by atoms with Gasteiger partial charge in [-0.15, -0.1) is 10.2 Å². The molecule has 0 aliphatic carbocycles. The summed E-state index contributed by atoms with van der Waals surface area (Å²) in [5, 5.41) is 9.38. The number of ether oxygens (including phenoxy) is 1. The van der Waals surface area contributed by atoms with Crippen molar-refractivity contribution in [1.29, 1.82) is 0 Å². The van der Waals surface area contributed by atoms with Gasteiger partial charge in [-0.3, -0.25) is 14.3 Å². The number of carbonyl (C=O) groups is 1. The predicted molar refractivity (Wildman–Crippen MR) is 120 cm³/mol. The number of methoxy groups -OCH3 is 1. The van der Waals surface area contributed by atoms with Crippen LogP contribution in [-0.2, 0) is 0 Å². The van der Waals surface area contributed by atoms with E-state index in [0.717, 1.165) is 21.5 Å².